The Bertz CT molecular complexity index is 685. The van der Waals surface area contributed by atoms with Crippen molar-refractivity contribution in [2.24, 2.45) is 0 Å². The number of nitrogens with zero attached hydrogens (tertiary/aromatic N) is 2. The molecule has 0 saturated carbocycles. The van der Waals surface area contributed by atoms with Crippen molar-refractivity contribution in [1.82, 2.24) is 9.88 Å². The molecule has 0 spiro atoms. The van der Waals surface area contributed by atoms with Crippen LogP contribution in [0.15, 0.2) is 27.9 Å². The number of rotatable bonds is 3. The minimum Gasteiger partial charge on any atom is -0.497 e. The lowest BCUT2D eigenvalue weighted by Gasteiger charge is -2.18. The van der Waals surface area contributed by atoms with Crippen molar-refractivity contribution < 1.29 is 9.53 Å². The second-order valence-electron chi connectivity index (χ2n) is 5.13. The number of thiazole rings is 1. The van der Waals surface area contributed by atoms with Crippen LogP contribution >= 0.6 is 23.1 Å². The van der Waals surface area contributed by atoms with Crippen molar-refractivity contribution >= 4 is 29.0 Å². The molecule has 116 valence electrons. The quantitative estimate of drug-likeness (QED) is 0.809. The van der Waals surface area contributed by atoms with Crippen molar-refractivity contribution in [2.75, 3.05) is 26.5 Å². The summed E-state index contributed by atoms with van der Waals surface area (Å²) < 4.78 is 6.22. The molecule has 0 fully saturated rings. The third-order valence-corrected chi connectivity index (χ3v) is 5.74. The maximum Gasteiger partial charge on any atom is 0.273 e. The highest BCUT2D eigenvalue weighted by molar-refractivity contribution is 8.00. The lowest BCUT2D eigenvalue weighted by Crippen LogP contribution is -2.33. The summed E-state index contributed by atoms with van der Waals surface area (Å²) in [6, 6.07) is 6.18. The first-order valence-corrected chi connectivity index (χ1v) is 9.26. The van der Waals surface area contributed by atoms with Gasteiger partial charge in [-0.1, -0.05) is 17.8 Å². The number of hydrogen-bond acceptors (Lipinski definition) is 5. The maximum atomic E-state index is 12.6. The summed E-state index contributed by atoms with van der Waals surface area (Å²) in [6.45, 7) is 1.47. The number of aromatic nitrogens is 1. The molecule has 2 aromatic rings. The lowest BCUT2D eigenvalue weighted by atomic mass is 10.0. The molecule has 4 nitrogen and oxygen atoms in total. The monoisotopic (exact) mass is 334 g/mol. The van der Waals surface area contributed by atoms with E-state index in [9.17, 15) is 4.79 Å². The molecule has 0 N–H and O–H groups in total. The number of methoxy groups -OCH3 is 1. The first-order valence-electron chi connectivity index (χ1n) is 7.16. The molecular weight excluding hydrogens is 316 g/mol. The largest absolute Gasteiger partial charge is 0.497 e. The standard InChI is InChI=1S/C16H18N2O2S2/c1-20-13-4-3-11-5-7-18(8-6-12(11)9-13)15(19)14-10-22-16(17-14)21-2/h3-4,9-10H,5-8H2,1-2H3. The lowest BCUT2D eigenvalue weighted by molar-refractivity contribution is 0.0757. The predicted octanol–water partition coefficient (Wildman–Crippen LogP) is 3.11. The number of ether oxygens (including phenoxy) is 1. The van der Waals surface area contributed by atoms with Crippen LogP contribution in [-0.4, -0.2) is 42.2 Å². The summed E-state index contributed by atoms with van der Waals surface area (Å²) in [7, 11) is 1.68. The van der Waals surface area contributed by atoms with Crippen molar-refractivity contribution in [3.8, 4) is 5.75 Å². The van der Waals surface area contributed by atoms with E-state index < -0.39 is 0 Å². The fraction of sp³-hybridized carbons (Fsp3) is 0.375. The molecule has 0 bridgehead atoms. The summed E-state index contributed by atoms with van der Waals surface area (Å²) in [5.41, 5.74) is 3.15. The maximum absolute atomic E-state index is 12.6. The second-order valence-corrected chi connectivity index (χ2v) is 7.04. The molecule has 22 heavy (non-hydrogen) atoms. The van der Waals surface area contributed by atoms with Crippen LogP contribution in [0, 0.1) is 0 Å². The molecule has 1 aromatic heterocycles. The zero-order chi connectivity index (χ0) is 15.5. The SMILES string of the molecule is COc1ccc2c(c1)CCN(C(=O)c1csc(SC)n1)CC2. The van der Waals surface area contributed by atoms with Crippen LogP contribution in [0.1, 0.15) is 21.6 Å². The van der Waals surface area contributed by atoms with Gasteiger partial charge in [0, 0.05) is 18.5 Å². The molecule has 0 radical (unpaired) electrons. The van der Waals surface area contributed by atoms with Gasteiger partial charge >= 0.3 is 0 Å². The Balaban J connectivity index is 1.74. The van der Waals surface area contributed by atoms with Gasteiger partial charge in [0.15, 0.2) is 0 Å². The van der Waals surface area contributed by atoms with Crippen LogP contribution in [0.5, 0.6) is 5.75 Å². The first kappa shape index (κ1) is 15.4. The summed E-state index contributed by atoms with van der Waals surface area (Å²) in [4.78, 5) is 18.9. The highest BCUT2D eigenvalue weighted by Gasteiger charge is 2.22. The van der Waals surface area contributed by atoms with Crippen LogP contribution in [0.2, 0.25) is 0 Å². The van der Waals surface area contributed by atoms with Gasteiger partial charge in [0.25, 0.3) is 5.91 Å². The van der Waals surface area contributed by atoms with Crippen molar-refractivity contribution in [3.05, 3.63) is 40.4 Å². The zero-order valence-corrected chi connectivity index (χ0v) is 14.3. The molecule has 2 heterocycles. The molecule has 0 unspecified atom stereocenters. The molecule has 6 heteroatoms. The van der Waals surface area contributed by atoms with Crippen LogP contribution in [0.4, 0.5) is 0 Å². The fourth-order valence-corrected chi connectivity index (χ4v) is 3.88. The third kappa shape index (κ3) is 3.13. The summed E-state index contributed by atoms with van der Waals surface area (Å²) >= 11 is 3.10. The Morgan fingerprint density at radius 1 is 1.32 bits per heavy atom. The van der Waals surface area contributed by atoms with Crippen LogP contribution in [0.3, 0.4) is 0 Å². The van der Waals surface area contributed by atoms with Gasteiger partial charge in [0.1, 0.15) is 15.8 Å². The molecular formula is C16H18N2O2S2. The van der Waals surface area contributed by atoms with Crippen molar-refractivity contribution in [3.63, 3.8) is 0 Å². The first-order chi connectivity index (χ1) is 10.7. The fourth-order valence-electron chi connectivity index (χ4n) is 2.64. The third-order valence-electron chi connectivity index (χ3n) is 3.88. The number of benzene rings is 1. The average Bonchev–Trinajstić information content (AvgIpc) is 2.94. The van der Waals surface area contributed by atoms with Gasteiger partial charge in [0.05, 0.1) is 7.11 Å². The van der Waals surface area contributed by atoms with Gasteiger partial charge in [-0.15, -0.1) is 11.3 Å². The Kier molecular flexibility index (Phi) is 4.69. The molecule has 0 saturated heterocycles. The van der Waals surface area contributed by atoms with E-state index in [0.29, 0.717) is 5.69 Å². The number of carbonyl (C=O) groups is 1. The number of thioether (sulfide) groups is 1. The topological polar surface area (TPSA) is 42.4 Å². The number of hydrogen-bond donors (Lipinski definition) is 0. The molecule has 1 aromatic carbocycles. The minimum atomic E-state index is 0.0383. The molecule has 0 atom stereocenters. The van der Waals surface area contributed by atoms with E-state index in [1.54, 1.807) is 18.9 Å². The van der Waals surface area contributed by atoms with Gasteiger partial charge in [0.2, 0.25) is 0 Å². The van der Waals surface area contributed by atoms with Crippen molar-refractivity contribution in [1.29, 1.82) is 0 Å². The molecule has 1 amide bonds. The Hall–Kier alpha value is -1.53. The van der Waals surface area contributed by atoms with E-state index in [4.69, 9.17) is 4.74 Å². The van der Waals surface area contributed by atoms with E-state index >= 15 is 0 Å². The van der Waals surface area contributed by atoms with E-state index in [0.717, 1.165) is 36.0 Å². The van der Waals surface area contributed by atoms with Gasteiger partial charge in [-0.25, -0.2) is 4.98 Å². The Labute approximate surface area is 138 Å². The predicted molar refractivity (Wildman–Crippen MR) is 90.2 cm³/mol. The van der Waals surface area contributed by atoms with Crippen LogP contribution < -0.4 is 4.74 Å². The zero-order valence-electron chi connectivity index (χ0n) is 12.7. The summed E-state index contributed by atoms with van der Waals surface area (Å²) in [5.74, 6) is 0.916. The van der Waals surface area contributed by atoms with E-state index in [2.05, 4.69) is 17.1 Å². The summed E-state index contributed by atoms with van der Waals surface area (Å²) in [5, 5.41) is 1.86. The highest BCUT2D eigenvalue weighted by Crippen LogP contribution is 2.24. The normalized spacial score (nSPS) is 14.4. The smallest absolute Gasteiger partial charge is 0.273 e. The molecule has 1 aliphatic rings. The number of carbonyl (C=O) groups excluding carboxylic acids is 1. The van der Waals surface area contributed by atoms with Crippen molar-refractivity contribution in [2.45, 2.75) is 17.2 Å². The van der Waals surface area contributed by atoms with E-state index in [-0.39, 0.29) is 5.91 Å². The Morgan fingerprint density at radius 3 is 2.77 bits per heavy atom. The molecule has 3 rings (SSSR count). The van der Waals surface area contributed by atoms with Gasteiger partial charge < -0.3 is 9.64 Å². The average molecular weight is 334 g/mol. The summed E-state index contributed by atoms with van der Waals surface area (Å²) in [6.07, 6.45) is 3.71. The number of fused-ring (bicyclic) bond motifs is 1. The van der Waals surface area contributed by atoms with Crippen LogP contribution in [-0.2, 0) is 12.8 Å². The minimum absolute atomic E-state index is 0.0383. The second kappa shape index (κ2) is 6.71. The van der Waals surface area contributed by atoms with Gasteiger partial charge in [-0.3, -0.25) is 4.79 Å². The van der Waals surface area contributed by atoms with Gasteiger partial charge in [-0.2, -0.15) is 0 Å². The van der Waals surface area contributed by atoms with Crippen LogP contribution in [0.25, 0.3) is 0 Å². The highest BCUT2D eigenvalue weighted by atomic mass is 32.2. The number of amides is 1. The Morgan fingerprint density at radius 2 is 2.09 bits per heavy atom. The molecule has 0 aliphatic carbocycles. The van der Waals surface area contributed by atoms with Gasteiger partial charge in [-0.05, 0) is 42.4 Å². The molecule has 1 aliphatic heterocycles. The van der Waals surface area contributed by atoms with E-state index in [1.165, 1.54) is 22.5 Å². The van der Waals surface area contributed by atoms with E-state index in [1.807, 2.05) is 22.6 Å².